The summed E-state index contributed by atoms with van der Waals surface area (Å²) in [5.74, 6) is -0.540. The first-order valence-corrected chi connectivity index (χ1v) is 5.18. The van der Waals surface area contributed by atoms with E-state index < -0.39 is 5.95 Å². The lowest BCUT2D eigenvalue weighted by Gasteiger charge is -2.06. The quantitative estimate of drug-likeness (QED) is 0.638. The molecule has 0 fully saturated rings. The van der Waals surface area contributed by atoms with E-state index in [1.807, 2.05) is 13.0 Å². The van der Waals surface area contributed by atoms with Gasteiger partial charge >= 0.3 is 0 Å². The Morgan fingerprint density at radius 2 is 2.35 bits per heavy atom. The molecule has 0 spiro atoms. The van der Waals surface area contributed by atoms with Gasteiger partial charge in [-0.15, -0.1) is 0 Å². The van der Waals surface area contributed by atoms with Crippen LogP contribution in [-0.2, 0) is 0 Å². The smallest absolute Gasteiger partial charge is 0.222 e. The second-order valence-electron chi connectivity index (χ2n) is 3.54. The Morgan fingerprint density at radius 3 is 2.94 bits per heavy atom. The van der Waals surface area contributed by atoms with Crippen LogP contribution < -0.4 is 0 Å². The maximum Gasteiger partial charge on any atom is 0.222 e. The number of H-pyrrole nitrogens is 1. The largest absolute Gasteiger partial charge is 0.360 e. The first kappa shape index (κ1) is 11.3. The Labute approximate surface area is 98.7 Å². The topological polar surface area (TPSA) is 41.0 Å². The summed E-state index contributed by atoms with van der Waals surface area (Å²) < 4.78 is 13.6. The normalized spacial score (nSPS) is 11.5. The molecule has 0 aromatic carbocycles. The van der Waals surface area contributed by atoms with Gasteiger partial charge in [0, 0.05) is 18.6 Å². The summed E-state index contributed by atoms with van der Waals surface area (Å²) in [5.41, 5.74) is 2.64. The molecule has 4 heteroatoms. The van der Waals surface area contributed by atoms with E-state index in [9.17, 15) is 4.39 Å². The number of rotatable bonds is 3. The SMILES string of the molecule is C=CN=C(c1cccnc1F)c1[nH]ccc1C. The number of halogens is 1. The summed E-state index contributed by atoms with van der Waals surface area (Å²) in [4.78, 5) is 10.8. The van der Waals surface area contributed by atoms with Crippen LogP contribution in [-0.4, -0.2) is 15.7 Å². The zero-order chi connectivity index (χ0) is 12.3. The van der Waals surface area contributed by atoms with E-state index in [-0.39, 0.29) is 0 Å². The molecule has 0 saturated carbocycles. The highest BCUT2D eigenvalue weighted by molar-refractivity contribution is 6.12. The highest BCUT2D eigenvalue weighted by atomic mass is 19.1. The number of aliphatic imine (C=N–C) groups is 1. The molecule has 0 aliphatic heterocycles. The number of aromatic nitrogens is 2. The molecule has 2 heterocycles. The molecule has 3 nitrogen and oxygen atoms in total. The van der Waals surface area contributed by atoms with Crippen molar-refractivity contribution in [1.82, 2.24) is 9.97 Å². The molecule has 0 aliphatic rings. The lowest BCUT2D eigenvalue weighted by Crippen LogP contribution is -2.08. The minimum atomic E-state index is -0.540. The van der Waals surface area contributed by atoms with E-state index in [4.69, 9.17) is 0 Å². The Balaban J connectivity index is 2.59. The molecule has 2 aromatic heterocycles. The molecule has 0 atom stereocenters. The van der Waals surface area contributed by atoms with E-state index in [2.05, 4.69) is 21.5 Å². The number of nitrogens with one attached hydrogen (secondary N) is 1. The minimum Gasteiger partial charge on any atom is -0.360 e. The standard InChI is InChI=1S/C13H12FN3/c1-3-15-12(11-9(2)6-8-16-11)10-5-4-7-17-13(10)14/h3-8,16H,1H2,2H3. The van der Waals surface area contributed by atoms with Crippen molar-refractivity contribution in [3.63, 3.8) is 0 Å². The molecule has 0 bridgehead atoms. The second kappa shape index (κ2) is 4.74. The average Bonchev–Trinajstić information content (AvgIpc) is 2.74. The number of pyridine rings is 1. The molecule has 0 amide bonds. The third-order valence-corrected chi connectivity index (χ3v) is 2.43. The van der Waals surface area contributed by atoms with Gasteiger partial charge in [-0.1, -0.05) is 6.58 Å². The van der Waals surface area contributed by atoms with Crippen molar-refractivity contribution in [2.24, 2.45) is 4.99 Å². The van der Waals surface area contributed by atoms with E-state index in [0.29, 0.717) is 11.3 Å². The van der Waals surface area contributed by atoms with E-state index in [0.717, 1.165) is 11.3 Å². The van der Waals surface area contributed by atoms with Crippen LogP contribution in [0.1, 0.15) is 16.8 Å². The monoisotopic (exact) mass is 229 g/mol. The Hall–Kier alpha value is -2.23. The predicted octanol–water partition coefficient (Wildman–Crippen LogP) is 2.84. The van der Waals surface area contributed by atoms with Crippen LogP contribution in [0.25, 0.3) is 0 Å². The van der Waals surface area contributed by atoms with Crippen LogP contribution in [0.15, 0.2) is 48.4 Å². The molecule has 17 heavy (non-hydrogen) atoms. The number of aromatic amines is 1. The number of nitrogens with zero attached hydrogens (tertiary/aromatic N) is 2. The van der Waals surface area contributed by atoms with Gasteiger partial charge in [-0.3, -0.25) is 4.99 Å². The van der Waals surface area contributed by atoms with E-state index in [1.54, 1.807) is 18.3 Å². The molecule has 86 valence electrons. The number of hydrogen-bond acceptors (Lipinski definition) is 2. The van der Waals surface area contributed by atoms with Crippen LogP contribution >= 0.6 is 0 Å². The van der Waals surface area contributed by atoms with E-state index >= 15 is 0 Å². The summed E-state index contributed by atoms with van der Waals surface area (Å²) in [6.07, 6.45) is 4.59. The van der Waals surface area contributed by atoms with Gasteiger partial charge in [0.1, 0.15) is 0 Å². The first-order chi connectivity index (χ1) is 8.24. The first-order valence-electron chi connectivity index (χ1n) is 5.18. The Bertz CT molecular complexity index is 570. The van der Waals surface area contributed by atoms with Crippen molar-refractivity contribution in [3.8, 4) is 0 Å². The van der Waals surface area contributed by atoms with Gasteiger partial charge in [0.25, 0.3) is 0 Å². The third kappa shape index (κ3) is 2.15. The van der Waals surface area contributed by atoms with Crippen LogP contribution in [0.3, 0.4) is 0 Å². The third-order valence-electron chi connectivity index (χ3n) is 2.43. The zero-order valence-electron chi connectivity index (χ0n) is 9.44. The van der Waals surface area contributed by atoms with Gasteiger partial charge in [0.05, 0.1) is 17.0 Å². The van der Waals surface area contributed by atoms with Crippen LogP contribution in [0, 0.1) is 12.9 Å². The summed E-state index contributed by atoms with van der Waals surface area (Å²) in [5, 5.41) is 0. The fraction of sp³-hybridized carbons (Fsp3) is 0.0769. The molecule has 2 aromatic rings. The molecular formula is C13H12FN3. The molecule has 1 N–H and O–H groups in total. The number of hydrogen-bond donors (Lipinski definition) is 1. The maximum absolute atomic E-state index is 13.6. The van der Waals surface area contributed by atoms with Gasteiger partial charge in [-0.2, -0.15) is 4.39 Å². The average molecular weight is 229 g/mol. The lowest BCUT2D eigenvalue weighted by atomic mass is 10.1. The predicted molar refractivity (Wildman–Crippen MR) is 65.6 cm³/mol. The van der Waals surface area contributed by atoms with Crippen LogP contribution in [0.2, 0.25) is 0 Å². The van der Waals surface area contributed by atoms with Gasteiger partial charge in [0.15, 0.2) is 0 Å². The molecule has 0 aliphatic carbocycles. The van der Waals surface area contributed by atoms with Crippen molar-refractivity contribution in [1.29, 1.82) is 0 Å². The van der Waals surface area contributed by atoms with Crippen LogP contribution in [0.5, 0.6) is 0 Å². The summed E-state index contributed by atoms with van der Waals surface area (Å²) in [6, 6.07) is 5.22. The van der Waals surface area contributed by atoms with Gasteiger partial charge in [-0.05, 0) is 30.7 Å². The molecule has 2 rings (SSSR count). The minimum absolute atomic E-state index is 0.359. The Morgan fingerprint density at radius 1 is 1.53 bits per heavy atom. The summed E-state index contributed by atoms with van der Waals surface area (Å²) >= 11 is 0. The molecule has 0 unspecified atom stereocenters. The molecule has 0 saturated heterocycles. The van der Waals surface area contributed by atoms with Gasteiger partial charge in [0.2, 0.25) is 5.95 Å². The van der Waals surface area contributed by atoms with Gasteiger partial charge in [-0.25, -0.2) is 4.98 Å². The van der Waals surface area contributed by atoms with Crippen molar-refractivity contribution < 1.29 is 4.39 Å². The zero-order valence-corrected chi connectivity index (χ0v) is 9.44. The fourth-order valence-electron chi connectivity index (χ4n) is 1.63. The summed E-state index contributed by atoms with van der Waals surface area (Å²) in [7, 11) is 0. The van der Waals surface area contributed by atoms with Gasteiger partial charge < -0.3 is 4.98 Å². The van der Waals surface area contributed by atoms with Crippen molar-refractivity contribution in [2.45, 2.75) is 6.92 Å². The highest BCUT2D eigenvalue weighted by Crippen LogP contribution is 2.15. The van der Waals surface area contributed by atoms with Crippen molar-refractivity contribution >= 4 is 5.71 Å². The second-order valence-corrected chi connectivity index (χ2v) is 3.54. The molecule has 0 radical (unpaired) electrons. The highest BCUT2D eigenvalue weighted by Gasteiger charge is 2.14. The fourth-order valence-corrected chi connectivity index (χ4v) is 1.63. The van der Waals surface area contributed by atoms with Crippen LogP contribution in [0.4, 0.5) is 4.39 Å². The summed E-state index contributed by atoms with van der Waals surface area (Å²) in [6.45, 7) is 5.48. The van der Waals surface area contributed by atoms with Crippen molar-refractivity contribution in [2.75, 3.05) is 0 Å². The lowest BCUT2D eigenvalue weighted by molar-refractivity contribution is 0.581. The maximum atomic E-state index is 13.6. The van der Waals surface area contributed by atoms with Crippen molar-refractivity contribution in [3.05, 3.63) is 66.1 Å². The van der Waals surface area contributed by atoms with E-state index in [1.165, 1.54) is 12.4 Å². The Kier molecular flexibility index (Phi) is 3.14. The molecular weight excluding hydrogens is 217 g/mol. The number of aryl methyl sites for hydroxylation is 1.